The Kier molecular flexibility index (Phi) is 4.22. The number of ether oxygens (including phenoxy) is 1. The molecule has 16 heavy (non-hydrogen) atoms. The molecule has 0 aromatic carbocycles. The molecule has 0 saturated carbocycles. The summed E-state index contributed by atoms with van der Waals surface area (Å²) < 4.78 is 5.46. The van der Waals surface area contributed by atoms with E-state index in [-0.39, 0.29) is 6.09 Å². The van der Waals surface area contributed by atoms with Gasteiger partial charge in [-0.05, 0) is 47.0 Å². The van der Waals surface area contributed by atoms with Crippen LogP contribution >= 0.6 is 0 Å². The fraction of sp³-hybridized carbons (Fsp3) is 0.923. The van der Waals surface area contributed by atoms with Crippen molar-refractivity contribution in [2.45, 2.75) is 78.0 Å². The van der Waals surface area contributed by atoms with E-state index in [4.69, 9.17) is 4.74 Å². The molecule has 0 aliphatic carbocycles. The average molecular weight is 227 g/mol. The Hall–Kier alpha value is -0.730. The lowest BCUT2D eigenvalue weighted by Crippen LogP contribution is -2.43. The molecule has 1 amide bonds. The predicted octanol–water partition coefficient (Wildman–Crippen LogP) is 3.57. The van der Waals surface area contributed by atoms with Crippen LogP contribution in [0.3, 0.4) is 0 Å². The first-order valence-corrected chi connectivity index (χ1v) is 6.36. The molecular formula is C13H25NO2. The summed E-state index contributed by atoms with van der Waals surface area (Å²) in [5.41, 5.74) is -0.393. The molecule has 2 atom stereocenters. The normalized spacial score (nSPS) is 25.9. The van der Waals surface area contributed by atoms with E-state index in [0.29, 0.717) is 12.1 Å². The molecule has 0 spiro atoms. The molecule has 3 heteroatoms. The van der Waals surface area contributed by atoms with E-state index in [0.717, 1.165) is 25.7 Å². The lowest BCUT2D eigenvalue weighted by Gasteiger charge is -2.31. The molecule has 3 nitrogen and oxygen atoms in total. The lowest BCUT2D eigenvalue weighted by molar-refractivity contribution is 0.0153. The van der Waals surface area contributed by atoms with E-state index in [9.17, 15) is 4.79 Å². The third-order valence-electron chi connectivity index (χ3n) is 3.01. The van der Waals surface area contributed by atoms with Gasteiger partial charge in [-0.3, -0.25) is 0 Å². The predicted molar refractivity (Wildman–Crippen MR) is 65.5 cm³/mol. The van der Waals surface area contributed by atoms with Crippen LogP contribution in [0.15, 0.2) is 0 Å². The average Bonchev–Trinajstić information content (AvgIpc) is 2.44. The summed E-state index contributed by atoms with van der Waals surface area (Å²) in [6.07, 6.45) is 4.29. The van der Waals surface area contributed by atoms with E-state index in [1.54, 1.807) is 0 Å². The van der Waals surface area contributed by atoms with Gasteiger partial charge in [0.2, 0.25) is 0 Å². The zero-order chi connectivity index (χ0) is 12.3. The van der Waals surface area contributed by atoms with Crippen molar-refractivity contribution in [1.29, 1.82) is 0 Å². The van der Waals surface area contributed by atoms with Gasteiger partial charge in [0.05, 0.1) is 0 Å². The van der Waals surface area contributed by atoms with E-state index in [1.807, 2.05) is 25.7 Å². The topological polar surface area (TPSA) is 29.5 Å². The van der Waals surface area contributed by atoms with Crippen LogP contribution in [0.25, 0.3) is 0 Å². The van der Waals surface area contributed by atoms with Crippen molar-refractivity contribution in [3.8, 4) is 0 Å². The van der Waals surface area contributed by atoms with Gasteiger partial charge in [0.1, 0.15) is 5.60 Å². The number of hydrogen-bond donors (Lipinski definition) is 0. The fourth-order valence-electron chi connectivity index (χ4n) is 2.33. The second kappa shape index (κ2) is 5.07. The summed E-state index contributed by atoms with van der Waals surface area (Å²) in [4.78, 5) is 14.0. The van der Waals surface area contributed by atoms with E-state index >= 15 is 0 Å². The van der Waals surface area contributed by atoms with Crippen LogP contribution in [-0.4, -0.2) is 28.7 Å². The van der Waals surface area contributed by atoms with E-state index in [1.165, 1.54) is 0 Å². The number of nitrogens with zero attached hydrogens (tertiary/aromatic N) is 1. The maximum atomic E-state index is 12.1. The van der Waals surface area contributed by atoms with Crippen LogP contribution in [0.5, 0.6) is 0 Å². The fourth-order valence-corrected chi connectivity index (χ4v) is 2.33. The molecule has 1 aliphatic heterocycles. The van der Waals surface area contributed by atoms with Crippen LogP contribution in [0.4, 0.5) is 4.79 Å². The summed E-state index contributed by atoms with van der Waals surface area (Å²) >= 11 is 0. The molecule has 1 heterocycles. The first-order valence-electron chi connectivity index (χ1n) is 6.36. The summed E-state index contributed by atoms with van der Waals surface area (Å²) in [5.74, 6) is 0. The smallest absolute Gasteiger partial charge is 0.410 e. The van der Waals surface area contributed by atoms with E-state index < -0.39 is 5.60 Å². The first-order chi connectivity index (χ1) is 7.35. The van der Waals surface area contributed by atoms with Crippen molar-refractivity contribution >= 4 is 6.09 Å². The highest BCUT2D eigenvalue weighted by molar-refractivity contribution is 5.69. The highest BCUT2D eigenvalue weighted by atomic mass is 16.6. The van der Waals surface area contributed by atoms with Gasteiger partial charge in [0.25, 0.3) is 0 Å². The number of hydrogen-bond acceptors (Lipinski definition) is 2. The number of amides is 1. The van der Waals surface area contributed by atoms with Gasteiger partial charge in [-0.1, -0.05) is 13.3 Å². The standard InChI is InChI=1S/C13H25NO2/c1-6-7-11-9-8-10(2)14(11)12(15)16-13(3,4)5/h10-11H,6-9H2,1-5H3/t10-,11+/m0/s1. The zero-order valence-electron chi connectivity index (χ0n) is 11.2. The number of carbonyl (C=O) groups excluding carboxylic acids is 1. The van der Waals surface area contributed by atoms with Crippen molar-refractivity contribution in [3.05, 3.63) is 0 Å². The summed E-state index contributed by atoms with van der Waals surface area (Å²) in [5, 5.41) is 0. The van der Waals surface area contributed by atoms with Crippen LogP contribution in [0.1, 0.15) is 60.3 Å². The van der Waals surface area contributed by atoms with Gasteiger partial charge in [-0.2, -0.15) is 0 Å². The quantitative estimate of drug-likeness (QED) is 0.721. The van der Waals surface area contributed by atoms with Gasteiger partial charge < -0.3 is 9.64 Å². The van der Waals surface area contributed by atoms with Crippen molar-refractivity contribution in [3.63, 3.8) is 0 Å². The first kappa shape index (κ1) is 13.3. The van der Waals surface area contributed by atoms with Crippen LogP contribution in [0.2, 0.25) is 0 Å². The Bertz CT molecular complexity index is 243. The minimum absolute atomic E-state index is 0.143. The van der Waals surface area contributed by atoms with Gasteiger partial charge >= 0.3 is 6.09 Å². The molecule has 94 valence electrons. The lowest BCUT2D eigenvalue weighted by atomic mass is 10.1. The third kappa shape index (κ3) is 3.39. The van der Waals surface area contributed by atoms with Crippen LogP contribution in [0, 0.1) is 0 Å². The molecule has 0 bridgehead atoms. The van der Waals surface area contributed by atoms with Crippen molar-refractivity contribution < 1.29 is 9.53 Å². The van der Waals surface area contributed by atoms with Gasteiger partial charge in [-0.25, -0.2) is 4.79 Å². The summed E-state index contributed by atoms with van der Waals surface area (Å²) in [6, 6.07) is 0.709. The Balaban J connectivity index is 2.64. The molecule has 1 saturated heterocycles. The Labute approximate surface area is 99.1 Å². The second-order valence-corrected chi connectivity index (χ2v) is 5.76. The number of rotatable bonds is 2. The van der Waals surface area contributed by atoms with Gasteiger partial charge in [0.15, 0.2) is 0 Å². The molecule has 1 fully saturated rings. The van der Waals surface area contributed by atoms with Crippen LogP contribution in [-0.2, 0) is 4.74 Å². The van der Waals surface area contributed by atoms with Crippen LogP contribution < -0.4 is 0 Å². The zero-order valence-corrected chi connectivity index (χ0v) is 11.2. The number of likely N-dealkylation sites (tertiary alicyclic amines) is 1. The van der Waals surface area contributed by atoms with Crippen molar-refractivity contribution in [2.75, 3.05) is 0 Å². The molecule has 0 N–H and O–H groups in total. The maximum absolute atomic E-state index is 12.1. The molecule has 1 aliphatic rings. The SMILES string of the molecule is CCC[C@@H]1CC[C@H](C)N1C(=O)OC(C)(C)C. The monoisotopic (exact) mass is 227 g/mol. The minimum atomic E-state index is -0.393. The summed E-state index contributed by atoms with van der Waals surface area (Å²) in [7, 11) is 0. The maximum Gasteiger partial charge on any atom is 0.410 e. The largest absolute Gasteiger partial charge is 0.444 e. The van der Waals surface area contributed by atoms with Gasteiger partial charge in [-0.15, -0.1) is 0 Å². The molecule has 0 unspecified atom stereocenters. The van der Waals surface area contributed by atoms with E-state index in [2.05, 4.69) is 13.8 Å². The van der Waals surface area contributed by atoms with Crippen molar-refractivity contribution in [2.24, 2.45) is 0 Å². The second-order valence-electron chi connectivity index (χ2n) is 5.76. The van der Waals surface area contributed by atoms with Gasteiger partial charge in [0, 0.05) is 12.1 Å². The molecular weight excluding hydrogens is 202 g/mol. The Morgan fingerprint density at radius 1 is 1.38 bits per heavy atom. The third-order valence-corrected chi connectivity index (χ3v) is 3.01. The Morgan fingerprint density at radius 3 is 2.50 bits per heavy atom. The Morgan fingerprint density at radius 2 is 2.00 bits per heavy atom. The molecule has 0 aromatic rings. The highest BCUT2D eigenvalue weighted by Gasteiger charge is 2.36. The summed E-state index contributed by atoms with van der Waals surface area (Å²) in [6.45, 7) is 10.0. The molecule has 0 aromatic heterocycles. The number of carbonyl (C=O) groups is 1. The molecule has 1 rings (SSSR count). The molecule has 0 radical (unpaired) electrons. The highest BCUT2D eigenvalue weighted by Crippen LogP contribution is 2.28. The minimum Gasteiger partial charge on any atom is -0.444 e. The van der Waals surface area contributed by atoms with Crippen molar-refractivity contribution in [1.82, 2.24) is 4.90 Å².